The third-order valence-electron chi connectivity index (χ3n) is 3.51. The molecule has 0 bridgehead atoms. The average Bonchev–Trinajstić information content (AvgIpc) is 2.28. The monoisotopic (exact) mass is 232 g/mol. The molecule has 0 saturated carbocycles. The molecule has 1 N–H and O–H groups in total. The van der Waals surface area contributed by atoms with Gasteiger partial charge in [-0.15, -0.1) is 0 Å². The van der Waals surface area contributed by atoms with E-state index in [-0.39, 0.29) is 0 Å². The molecule has 0 aliphatic carbocycles. The van der Waals surface area contributed by atoms with Crippen molar-refractivity contribution in [3.05, 3.63) is 29.3 Å². The van der Waals surface area contributed by atoms with Gasteiger partial charge in [0.25, 0.3) is 0 Å². The fourth-order valence-corrected chi connectivity index (χ4v) is 2.59. The van der Waals surface area contributed by atoms with Crippen molar-refractivity contribution in [2.24, 2.45) is 5.92 Å². The Morgan fingerprint density at radius 3 is 2.76 bits per heavy atom. The van der Waals surface area contributed by atoms with Crippen LogP contribution in [0.25, 0.3) is 0 Å². The summed E-state index contributed by atoms with van der Waals surface area (Å²) in [6, 6.07) is 7.43. The molecule has 1 atom stereocenters. The summed E-state index contributed by atoms with van der Waals surface area (Å²) in [5.74, 6) is 0.737. The molecule has 0 amide bonds. The zero-order chi connectivity index (χ0) is 12.4. The molecule has 0 aromatic heterocycles. The SMILES string of the molecule is CC(C)CC1NCCc2ccc(N(C)C)cc21. The van der Waals surface area contributed by atoms with E-state index in [1.165, 1.54) is 23.2 Å². The lowest BCUT2D eigenvalue weighted by Gasteiger charge is -2.29. The van der Waals surface area contributed by atoms with E-state index in [0.717, 1.165) is 18.9 Å². The van der Waals surface area contributed by atoms with Gasteiger partial charge in [0.15, 0.2) is 0 Å². The third-order valence-corrected chi connectivity index (χ3v) is 3.51. The molecule has 2 heteroatoms. The van der Waals surface area contributed by atoms with E-state index in [4.69, 9.17) is 0 Å². The van der Waals surface area contributed by atoms with Crippen molar-refractivity contribution in [1.82, 2.24) is 5.32 Å². The van der Waals surface area contributed by atoms with Crippen LogP contribution in [0.15, 0.2) is 18.2 Å². The van der Waals surface area contributed by atoms with E-state index < -0.39 is 0 Å². The minimum atomic E-state index is 0.540. The zero-order valence-electron chi connectivity index (χ0n) is 11.5. The molecular formula is C15H24N2. The van der Waals surface area contributed by atoms with Gasteiger partial charge in [0.05, 0.1) is 0 Å². The Kier molecular flexibility index (Phi) is 3.72. The van der Waals surface area contributed by atoms with Crippen molar-refractivity contribution in [3.8, 4) is 0 Å². The van der Waals surface area contributed by atoms with Crippen LogP contribution in [0.4, 0.5) is 5.69 Å². The Balaban J connectivity index is 2.30. The minimum Gasteiger partial charge on any atom is -0.378 e. The number of nitrogens with zero attached hydrogens (tertiary/aromatic N) is 1. The first-order valence-corrected chi connectivity index (χ1v) is 6.61. The minimum absolute atomic E-state index is 0.540. The maximum absolute atomic E-state index is 3.65. The predicted molar refractivity (Wildman–Crippen MR) is 74.7 cm³/mol. The van der Waals surface area contributed by atoms with Crippen LogP contribution in [0.5, 0.6) is 0 Å². The standard InChI is InChI=1S/C15H24N2/c1-11(2)9-15-14-10-13(17(3)4)6-5-12(14)7-8-16-15/h5-6,10-11,15-16H,7-9H2,1-4H3. The van der Waals surface area contributed by atoms with Gasteiger partial charge in [0.1, 0.15) is 0 Å². The number of hydrogen-bond acceptors (Lipinski definition) is 2. The van der Waals surface area contributed by atoms with Crippen LogP contribution in [0.1, 0.15) is 37.4 Å². The number of nitrogens with one attached hydrogen (secondary N) is 1. The molecule has 2 nitrogen and oxygen atoms in total. The molecule has 0 radical (unpaired) electrons. The van der Waals surface area contributed by atoms with E-state index in [1.807, 2.05) is 0 Å². The summed E-state index contributed by atoms with van der Waals surface area (Å²) >= 11 is 0. The maximum Gasteiger partial charge on any atom is 0.0364 e. The largest absolute Gasteiger partial charge is 0.378 e. The summed E-state index contributed by atoms with van der Waals surface area (Å²) in [6.45, 7) is 5.71. The second-order valence-corrected chi connectivity index (χ2v) is 5.66. The Hall–Kier alpha value is -1.02. The molecule has 1 unspecified atom stereocenters. The fourth-order valence-electron chi connectivity index (χ4n) is 2.59. The Morgan fingerprint density at radius 2 is 2.12 bits per heavy atom. The summed E-state index contributed by atoms with van der Waals surface area (Å²) in [5.41, 5.74) is 4.34. The Labute approximate surface area is 105 Å². The summed E-state index contributed by atoms with van der Waals surface area (Å²) in [5, 5.41) is 3.65. The van der Waals surface area contributed by atoms with Gasteiger partial charge in [-0.05, 0) is 48.6 Å². The van der Waals surface area contributed by atoms with Crippen LogP contribution in [0.3, 0.4) is 0 Å². The molecule has 17 heavy (non-hydrogen) atoms. The van der Waals surface area contributed by atoms with Crippen LogP contribution < -0.4 is 10.2 Å². The zero-order valence-corrected chi connectivity index (χ0v) is 11.5. The van der Waals surface area contributed by atoms with E-state index in [1.54, 1.807) is 0 Å². The van der Waals surface area contributed by atoms with Gasteiger partial charge in [-0.3, -0.25) is 0 Å². The average molecular weight is 232 g/mol. The highest BCUT2D eigenvalue weighted by Crippen LogP contribution is 2.30. The van der Waals surface area contributed by atoms with Gasteiger partial charge in [-0.25, -0.2) is 0 Å². The molecule has 0 spiro atoms. The van der Waals surface area contributed by atoms with Crippen molar-refractivity contribution in [3.63, 3.8) is 0 Å². The fraction of sp³-hybridized carbons (Fsp3) is 0.600. The topological polar surface area (TPSA) is 15.3 Å². The van der Waals surface area contributed by atoms with Gasteiger partial charge in [0.2, 0.25) is 0 Å². The van der Waals surface area contributed by atoms with Crippen LogP contribution in [0.2, 0.25) is 0 Å². The van der Waals surface area contributed by atoms with Gasteiger partial charge in [-0.2, -0.15) is 0 Å². The molecule has 1 aliphatic rings. The summed E-state index contributed by atoms with van der Waals surface area (Å²) in [6.07, 6.45) is 2.39. The first-order chi connectivity index (χ1) is 8.08. The quantitative estimate of drug-likeness (QED) is 0.862. The number of anilines is 1. The molecule has 2 rings (SSSR count). The van der Waals surface area contributed by atoms with Crippen molar-refractivity contribution >= 4 is 5.69 Å². The summed E-state index contributed by atoms with van der Waals surface area (Å²) in [4.78, 5) is 2.18. The Bertz CT molecular complexity index is 383. The van der Waals surface area contributed by atoms with Gasteiger partial charge >= 0.3 is 0 Å². The van der Waals surface area contributed by atoms with Crippen LogP contribution in [0, 0.1) is 5.92 Å². The third kappa shape index (κ3) is 2.81. The normalized spacial score (nSPS) is 19.2. The van der Waals surface area contributed by atoms with Crippen molar-refractivity contribution in [2.45, 2.75) is 32.7 Å². The number of fused-ring (bicyclic) bond motifs is 1. The summed E-state index contributed by atoms with van der Waals surface area (Å²) in [7, 11) is 4.21. The maximum atomic E-state index is 3.65. The Morgan fingerprint density at radius 1 is 1.35 bits per heavy atom. The second kappa shape index (κ2) is 5.09. The first-order valence-electron chi connectivity index (χ1n) is 6.61. The lowest BCUT2D eigenvalue weighted by Crippen LogP contribution is -2.31. The molecule has 1 aromatic rings. The van der Waals surface area contributed by atoms with Crippen LogP contribution in [-0.4, -0.2) is 20.6 Å². The van der Waals surface area contributed by atoms with Gasteiger partial charge < -0.3 is 10.2 Å². The van der Waals surface area contributed by atoms with Gasteiger partial charge in [0, 0.05) is 25.8 Å². The molecule has 1 aromatic carbocycles. The number of benzene rings is 1. The van der Waals surface area contributed by atoms with E-state index in [2.05, 4.69) is 56.4 Å². The second-order valence-electron chi connectivity index (χ2n) is 5.66. The molecule has 1 aliphatic heterocycles. The first kappa shape index (κ1) is 12.4. The molecule has 94 valence electrons. The molecule has 0 saturated heterocycles. The van der Waals surface area contributed by atoms with Crippen LogP contribution in [-0.2, 0) is 6.42 Å². The van der Waals surface area contributed by atoms with Crippen molar-refractivity contribution < 1.29 is 0 Å². The lowest BCUT2D eigenvalue weighted by atomic mass is 9.89. The number of hydrogen-bond donors (Lipinski definition) is 1. The summed E-state index contributed by atoms with van der Waals surface area (Å²) < 4.78 is 0. The van der Waals surface area contributed by atoms with Crippen molar-refractivity contribution in [2.75, 3.05) is 25.5 Å². The molecule has 1 heterocycles. The highest BCUT2D eigenvalue weighted by molar-refractivity contribution is 5.51. The van der Waals surface area contributed by atoms with Crippen molar-refractivity contribution in [1.29, 1.82) is 0 Å². The highest BCUT2D eigenvalue weighted by Gasteiger charge is 2.20. The lowest BCUT2D eigenvalue weighted by molar-refractivity contribution is 0.414. The van der Waals surface area contributed by atoms with E-state index >= 15 is 0 Å². The molecular weight excluding hydrogens is 208 g/mol. The van der Waals surface area contributed by atoms with Gasteiger partial charge in [-0.1, -0.05) is 19.9 Å². The smallest absolute Gasteiger partial charge is 0.0364 e. The van der Waals surface area contributed by atoms with Crippen LogP contribution >= 0.6 is 0 Å². The van der Waals surface area contributed by atoms with E-state index in [0.29, 0.717) is 6.04 Å². The highest BCUT2D eigenvalue weighted by atomic mass is 15.1. The molecule has 0 fully saturated rings. The van der Waals surface area contributed by atoms with E-state index in [9.17, 15) is 0 Å². The number of rotatable bonds is 3. The predicted octanol–water partition coefficient (Wildman–Crippen LogP) is 2.99.